The number of aromatic nitrogens is 2. The van der Waals surface area contributed by atoms with Gasteiger partial charge in [0.05, 0.1) is 5.69 Å². The van der Waals surface area contributed by atoms with Crippen LogP contribution in [0.15, 0.2) is 0 Å². The highest BCUT2D eigenvalue weighted by Crippen LogP contribution is 2.36. The summed E-state index contributed by atoms with van der Waals surface area (Å²) in [6, 6.07) is 0. The van der Waals surface area contributed by atoms with E-state index in [2.05, 4.69) is 12.2 Å². The Kier molecular flexibility index (Phi) is 4.26. The molecule has 0 bridgehead atoms. The van der Waals surface area contributed by atoms with Crippen molar-refractivity contribution >= 4 is 17.6 Å². The largest absolute Gasteiger partial charge is 0.370 e. The minimum Gasteiger partial charge on any atom is -0.370 e. The molecule has 1 aromatic rings. The minimum atomic E-state index is 0.593. The van der Waals surface area contributed by atoms with Crippen molar-refractivity contribution in [1.82, 2.24) is 9.97 Å². The molecule has 1 aromatic heterocycles. The van der Waals surface area contributed by atoms with Gasteiger partial charge in [-0.05, 0) is 19.8 Å². The first kappa shape index (κ1) is 13.2. The van der Waals surface area contributed by atoms with Gasteiger partial charge in [0.2, 0.25) is 0 Å². The topological polar surface area (TPSA) is 37.8 Å². The zero-order valence-corrected chi connectivity index (χ0v) is 12.6. The molecule has 1 N–H and O–H groups in total. The molecule has 0 spiro atoms. The highest BCUT2D eigenvalue weighted by atomic mass is 32.2. The Morgan fingerprint density at radius 3 is 2.63 bits per heavy atom. The maximum Gasteiger partial charge on any atom is 0.134 e. The fourth-order valence-electron chi connectivity index (χ4n) is 3.10. The van der Waals surface area contributed by atoms with Crippen LogP contribution in [0.5, 0.6) is 0 Å². The number of hydrogen-bond acceptors (Lipinski definition) is 4. The minimum absolute atomic E-state index is 0.593. The van der Waals surface area contributed by atoms with Crippen molar-refractivity contribution in [1.29, 1.82) is 0 Å². The summed E-state index contributed by atoms with van der Waals surface area (Å²) < 4.78 is 0. The van der Waals surface area contributed by atoms with Gasteiger partial charge in [0.25, 0.3) is 0 Å². The second-order valence-electron chi connectivity index (χ2n) is 5.57. The Bertz CT molecular complexity index is 439. The summed E-state index contributed by atoms with van der Waals surface area (Å²) in [5, 5.41) is 3.44. The number of nitrogens with zero attached hydrogens (tertiary/aromatic N) is 2. The number of anilines is 1. The van der Waals surface area contributed by atoms with Crippen LogP contribution in [-0.4, -0.2) is 16.5 Å². The summed E-state index contributed by atoms with van der Waals surface area (Å²) in [4.78, 5) is 9.75. The van der Waals surface area contributed by atoms with E-state index in [9.17, 15) is 0 Å². The molecule has 0 aromatic carbocycles. The quantitative estimate of drug-likeness (QED) is 0.844. The van der Waals surface area contributed by atoms with Gasteiger partial charge in [-0.1, -0.05) is 25.7 Å². The molecular formula is C15H23N3S. The molecule has 1 saturated carbocycles. The Labute approximate surface area is 120 Å². The van der Waals surface area contributed by atoms with Crippen molar-refractivity contribution in [2.45, 2.75) is 62.9 Å². The van der Waals surface area contributed by atoms with Gasteiger partial charge in [0.1, 0.15) is 11.6 Å². The van der Waals surface area contributed by atoms with Crippen molar-refractivity contribution in [3.8, 4) is 0 Å². The number of thioether (sulfide) groups is 1. The van der Waals surface area contributed by atoms with Gasteiger partial charge in [-0.15, -0.1) is 0 Å². The molecule has 3 nitrogen and oxygen atoms in total. The fraction of sp³-hybridized carbons (Fsp3) is 0.733. The van der Waals surface area contributed by atoms with E-state index in [0.29, 0.717) is 5.92 Å². The molecule has 104 valence electrons. The summed E-state index contributed by atoms with van der Waals surface area (Å²) >= 11 is 1.96. The van der Waals surface area contributed by atoms with Crippen LogP contribution in [0.3, 0.4) is 0 Å². The van der Waals surface area contributed by atoms with Gasteiger partial charge in [-0.25, -0.2) is 9.97 Å². The highest BCUT2D eigenvalue weighted by Gasteiger charge is 2.23. The van der Waals surface area contributed by atoms with Crippen molar-refractivity contribution in [2.24, 2.45) is 0 Å². The lowest BCUT2D eigenvalue weighted by Gasteiger charge is -2.16. The zero-order chi connectivity index (χ0) is 13.1. The first-order chi connectivity index (χ1) is 9.38. The molecule has 0 amide bonds. The van der Waals surface area contributed by atoms with E-state index in [-0.39, 0.29) is 0 Å². The first-order valence-electron chi connectivity index (χ1n) is 7.59. The summed E-state index contributed by atoms with van der Waals surface area (Å²) in [5.41, 5.74) is 2.64. The summed E-state index contributed by atoms with van der Waals surface area (Å²) in [5.74, 6) is 4.95. The van der Waals surface area contributed by atoms with E-state index in [1.807, 2.05) is 11.8 Å². The van der Waals surface area contributed by atoms with Crippen molar-refractivity contribution in [2.75, 3.05) is 11.9 Å². The third kappa shape index (κ3) is 2.88. The van der Waals surface area contributed by atoms with Crippen LogP contribution in [0.4, 0.5) is 5.82 Å². The van der Waals surface area contributed by atoms with E-state index in [4.69, 9.17) is 9.97 Å². The van der Waals surface area contributed by atoms with Gasteiger partial charge >= 0.3 is 0 Å². The SMILES string of the molecule is CCNc1nc(C2CCCCCC2)nc2c1CSC2. The van der Waals surface area contributed by atoms with Gasteiger partial charge < -0.3 is 5.32 Å². The van der Waals surface area contributed by atoms with Gasteiger partial charge in [0, 0.05) is 29.5 Å². The summed E-state index contributed by atoms with van der Waals surface area (Å²) in [6.07, 6.45) is 8.01. The molecule has 3 rings (SSSR count). The van der Waals surface area contributed by atoms with Gasteiger partial charge in [-0.3, -0.25) is 0 Å². The van der Waals surface area contributed by atoms with E-state index >= 15 is 0 Å². The normalized spacial score (nSPS) is 20.1. The van der Waals surface area contributed by atoms with Crippen molar-refractivity contribution < 1.29 is 0 Å². The van der Waals surface area contributed by atoms with Crippen LogP contribution >= 0.6 is 11.8 Å². The molecule has 4 heteroatoms. The predicted molar refractivity (Wildman–Crippen MR) is 81.6 cm³/mol. The molecular weight excluding hydrogens is 254 g/mol. The van der Waals surface area contributed by atoms with E-state index in [1.54, 1.807) is 0 Å². The Hall–Kier alpha value is -0.770. The monoisotopic (exact) mass is 277 g/mol. The molecule has 2 aliphatic rings. The van der Waals surface area contributed by atoms with Crippen LogP contribution in [0.25, 0.3) is 0 Å². The van der Waals surface area contributed by atoms with Crippen molar-refractivity contribution in [3.63, 3.8) is 0 Å². The van der Waals surface area contributed by atoms with Crippen molar-refractivity contribution in [3.05, 3.63) is 17.1 Å². The highest BCUT2D eigenvalue weighted by molar-refractivity contribution is 7.98. The second kappa shape index (κ2) is 6.12. The Morgan fingerprint density at radius 1 is 1.11 bits per heavy atom. The molecule has 2 heterocycles. The summed E-state index contributed by atoms with van der Waals surface area (Å²) in [6.45, 7) is 3.08. The third-order valence-electron chi connectivity index (χ3n) is 4.16. The third-order valence-corrected chi connectivity index (χ3v) is 5.13. The van der Waals surface area contributed by atoms with E-state index in [1.165, 1.54) is 49.8 Å². The second-order valence-corrected chi connectivity index (χ2v) is 6.55. The molecule has 0 unspecified atom stereocenters. The Morgan fingerprint density at radius 2 is 1.89 bits per heavy atom. The number of hydrogen-bond donors (Lipinski definition) is 1. The average Bonchev–Trinajstić information content (AvgIpc) is 2.72. The lowest BCUT2D eigenvalue weighted by atomic mass is 9.99. The average molecular weight is 277 g/mol. The number of nitrogens with one attached hydrogen (secondary N) is 1. The van der Waals surface area contributed by atoms with Crippen LogP contribution in [0.1, 0.15) is 68.4 Å². The fourth-order valence-corrected chi connectivity index (χ4v) is 4.15. The zero-order valence-electron chi connectivity index (χ0n) is 11.7. The number of fused-ring (bicyclic) bond motifs is 1. The van der Waals surface area contributed by atoms with Gasteiger partial charge in [-0.2, -0.15) is 11.8 Å². The maximum absolute atomic E-state index is 4.89. The first-order valence-corrected chi connectivity index (χ1v) is 8.75. The molecule has 1 aliphatic heterocycles. The molecule has 0 saturated heterocycles. The summed E-state index contributed by atoms with van der Waals surface area (Å²) in [7, 11) is 0. The smallest absolute Gasteiger partial charge is 0.134 e. The molecule has 0 atom stereocenters. The van der Waals surface area contributed by atoms with E-state index in [0.717, 1.165) is 29.7 Å². The maximum atomic E-state index is 4.89. The molecule has 19 heavy (non-hydrogen) atoms. The molecule has 0 radical (unpaired) electrons. The lowest BCUT2D eigenvalue weighted by molar-refractivity contribution is 0.558. The van der Waals surface area contributed by atoms with E-state index < -0.39 is 0 Å². The van der Waals surface area contributed by atoms with Gasteiger partial charge in [0.15, 0.2) is 0 Å². The van der Waals surface area contributed by atoms with Crippen LogP contribution in [0, 0.1) is 0 Å². The standard InChI is InChI=1S/C15H23N3S/c1-2-16-15-12-9-19-10-13(12)17-14(18-15)11-7-5-3-4-6-8-11/h11H,2-10H2,1H3,(H,16,17,18). The van der Waals surface area contributed by atoms with Crippen LogP contribution < -0.4 is 5.32 Å². The number of rotatable bonds is 3. The van der Waals surface area contributed by atoms with Crippen LogP contribution in [-0.2, 0) is 11.5 Å². The molecule has 1 fully saturated rings. The lowest BCUT2D eigenvalue weighted by Crippen LogP contribution is -2.11. The van der Waals surface area contributed by atoms with Crippen LogP contribution in [0.2, 0.25) is 0 Å². The predicted octanol–water partition coefficient (Wildman–Crippen LogP) is 4.09. The Balaban J connectivity index is 1.90. The molecule has 1 aliphatic carbocycles.